The molecule has 0 amide bonds. The largest absolute Gasteiger partial charge is 0.393 e. The molecule has 1 saturated heterocycles. The molecule has 4 nitrogen and oxygen atoms in total. The molecule has 2 N–H and O–H groups in total. The van der Waals surface area contributed by atoms with Crippen LogP contribution in [0, 0.1) is 0 Å². The van der Waals surface area contributed by atoms with Gasteiger partial charge >= 0.3 is 0 Å². The third-order valence-electron chi connectivity index (χ3n) is 5.48. The smallest absolute Gasteiger partial charge is 0.193 e. The summed E-state index contributed by atoms with van der Waals surface area (Å²) in [6.07, 6.45) is 8.08. The van der Waals surface area contributed by atoms with Crippen molar-refractivity contribution in [1.82, 2.24) is 10.2 Å². The summed E-state index contributed by atoms with van der Waals surface area (Å²) in [6.45, 7) is 5.71. The van der Waals surface area contributed by atoms with E-state index in [9.17, 15) is 5.11 Å². The Balaban J connectivity index is 0.00000225. The van der Waals surface area contributed by atoms with Gasteiger partial charge < -0.3 is 15.3 Å². The van der Waals surface area contributed by atoms with Crippen LogP contribution >= 0.6 is 35.3 Å². The van der Waals surface area contributed by atoms with Gasteiger partial charge in [0.2, 0.25) is 0 Å². The zero-order valence-corrected chi connectivity index (χ0v) is 18.4. The van der Waals surface area contributed by atoms with Crippen molar-refractivity contribution in [2.45, 2.75) is 63.4 Å². The van der Waals surface area contributed by atoms with Gasteiger partial charge in [-0.05, 0) is 44.1 Å². The van der Waals surface area contributed by atoms with E-state index in [0.717, 1.165) is 45.0 Å². The Bertz CT molecular complexity index is 521. The highest BCUT2D eigenvalue weighted by Crippen LogP contribution is 2.41. The van der Waals surface area contributed by atoms with Crippen LogP contribution in [0.4, 0.5) is 0 Å². The van der Waals surface area contributed by atoms with E-state index < -0.39 is 0 Å². The highest BCUT2D eigenvalue weighted by atomic mass is 127. The monoisotopic (exact) mass is 477 g/mol. The molecule has 25 heavy (non-hydrogen) atoms. The minimum atomic E-state index is -0.139. The number of aliphatic hydroxyl groups is 1. The number of aliphatic hydroxyl groups excluding tert-OH is 1. The molecule has 1 aliphatic carbocycles. The standard InChI is InChI=1S/C19H31N3OS.HI/c1-2-20-18(22-12-8-16(23)9-13-22)21-15-19(10-4-3-5-11-19)17-7-6-14-24-17;/h6-7,14,16,23H,2-5,8-13,15H2,1H3,(H,20,21);1H. The van der Waals surface area contributed by atoms with Crippen molar-refractivity contribution in [3.05, 3.63) is 22.4 Å². The Labute approximate surface area is 173 Å². The lowest BCUT2D eigenvalue weighted by Gasteiger charge is -2.37. The average molecular weight is 477 g/mol. The summed E-state index contributed by atoms with van der Waals surface area (Å²) in [5, 5.41) is 15.4. The number of likely N-dealkylation sites (tertiary alicyclic amines) is 1. The summed E-state index contributed by atoms with van der Waals surface area (Å²) >= 11 is 1.89. The molecular weight excluding hydrogens is 445 g/mol. The molecule has 0 unspecified atom stereocenters. The van der Waals surface area contributed by atoms with Crippen LogP contribution in [-0.4, -0.2) is 48.2 Å². The lowest BCUT2D eigenvalue weighted by Crippen LogP contribution is -2.47. The number of nitrogens with zero attached hydrogens (tertiary/aromatic N) is 2. The van der Waals surface area contributed by atoms with E-state index in [0.29, 0.717) is 0 Å². The van der Waals surface area contributed by atoms with Gasteiger partial charge in [-0.15, -0.1) is 35.3 Å². The second-order valence-electron chi connectivity index (χ2n) is 7.21. The minimum absolute atomic E-state index is 0. The lowest BCUT2D eigenvalue weighted by molar-refractivity contribution is 0.108. The molecule has 2 fully saturated rings. The van der Waals surface area contributed by atoms with Crippen molar-refractivity contribution in [3.63, 3.8) is 0 Å². The molecule has 142 valence electrons. The van der Waals surface area contributed by atoms with Gasteiger partial charge in [-0.2, -0.15) is 0 Å². The Morgan fingerprint density at radius 3 is 2.64 bits per heavy atom. The van der Waals surface area contributed by atoms with E-state index in [1.54, 1.807) is 0 Å². The number of halogens is 1. The van der Waals surface area contributed by atoms with Gasteiger partial charge in [-0.1, -0.05) is 25.3 Å². The second-order valence-corrected chi connectivity index (χ2v) is 8.15. The summed E-state index contributed by atoms with van der Waals surface area (Å²) in [5.41, 5.74) is 0.238. The van der Waals surface area contributed by atoms with E-state index in [1.165, 1.54) is 37.0 Å². The van der Waals surface area contributed by atoms with Crippen LogP contribution < -0.4 is 5.32 Å². The topological polar surface area (TPSA) is 47.9 Å². The average Bonchev–Trinajstić information content (AvgIpc) is 3.16. The van der Waals surface area contributed by atoms with Crippen LogP contribution in [0.25, 0.3) is 0 Å². The van der Waals surface area contributed by atoms with E-state index in [2.05, 4.69) is 34.7 Å². The summed E-state index contributed by atoms with van der Waals surface area (Å²) in [4.78, 5) is 8.90. The van der Waals surface area contributed by atoms with E-state index >= 15 is 0 Å². The molecule has 3 rings (SSSR count). The van der Waals surface area contributed by atoms with Crippen molar-refractivity contribution in [3.8, 4) is 0 Å². The molecule has 0 atom stereocenters. The highest BCUT2D eigenvalue weighted by Gasteiger charge is 2.35. The number of piperidine rings is 1. The quantitative estimate of drug-likeness (QED) is 0.392. The number of nitrogens with one attached hydrogen (secondary N) is 1. The first-order chi connectivity index (χ1) is 11.7. The molecule has 1 saturated carbocycles. The first-order valence-electron chi connectivity index (χ1n) is 9.49. The number of guanidine groups is 1. The normalized spacial score (nSPS) is 21.7. The maximum Gasteiger partial charge on any atom is 0.193 e. The highest BCUT2D eigenvalue weighted by molar-refractivity contribution is 14.0. The zero-order valence-electron chi connectivity index (χ0n) is 15.2. The van der Waals surface area contributed by atoms with Gasteiger partial charge in [0.15, 0.2) is 5.96 Å². The van der Waals surface area contributed by atoms with Crippen molar-refractivity contribution >= 4 is 41.3 Å². The number of thiophene rings is 1. The first kappa shape index (κ1) is 21.0. The molecule has 1 aliphatic heterocycles. The second kappa shape index (κ2) is 10.1. The number of aliphatic imine (C=N–C) groups is 1. The van der Waals surface area contributed by atoms with E-state index in [-0.39, 0.29) is 35.5 Å². The van der Waals surface area contributed by atoms with Crippen LogP contribution in [0.3, 0.4) is 0 Å². The fraction of sp³-hybridized carbons (Fsp3) is 0.737. The number of hydrogen-bond donors (Lipinski definition) is 2. The summed E-state index contributed by atoms with van der Waals surface area (Å²) < 4.78 is 0. The van der Waals surface area contributed by atoms with Gasteiger partial charge in [-0.25, -0.2) is 0 Å². The van der Waals surface area contributed by atoms with Crippen LogP contribution in [0.2, 0.25) is 0 Å². The van der Waals surface area contributed by atoms with Crippen molar-refractivity contribution < 1.29 is 5.11 Å². The summed E-state index contributed by atoms with van der Waals surface area (Å²) in [6, 6.07) is 4.48. The summed E-state index contributed by atoms with van der Waals surface area (Å²) in [7, 11) is 0. The molecule has 0 bridgehead atoms. The van der Waals surface area contributed by atoms with Crippen molar-refractivity contribution in [2.75, 3.05) is 26.2 Å². The Kier molecular flexibility index (Phi) is 8.48. The first-order valence-corrected chi connectivity index (χ1v) is 10.4. The minimum Gasteiger partial charge on any atom is -0.393 e. The fourth-order valence-electron chi connectivity index (χ4n) is 4.02. The molecular formula is C19H32IN3OS. The third kappa shape index (κ3) is 5.32. The molecule has 6 heteroatoms. The van der Waals surface area contributed by atoms with Crippen LogP contribution in [0.5, 0.6) is 0 Å². The Morgan fingerprint density at radius 2 is 2.04 bits per heavy atom. The number of rotatable bonds is 4. The lowest BCUT2D eigenvalue weighted by atomic mass is 9.73. The molecule has 1 aromatic rings. The molecule has 0 aromatic carbocycles. The molecule has 0 spiro atoms. The van der Waals surface area contributed by atoms with E-state index in [4.69, 9.17) is 4.99 Å². The SMILES string of the molecule is CCNC(=NCC1(c2cccs2)CCCCC1)N1CCC(O)CC1.I. The van der Waals surface area contributed by atoms with Crippen molar-refractivity contribution in [2.24, 2.45) is 4.99 Å². The maximum absolute atomic E-state index is 9.75. The van der Waals surface area contributed by atoms with Gasteiger partial charge in [0.25, 0.3) is 0 Å². The van der Waals surface area contributed by atoms with Crippen LogP contribution in [0.15, 0.2) is 22.5 Å². The predicted molar refractivity (Wildman–Crippen MR) is 117 cm³/mol. The summed E-state index contributed by atoms with van der Waals surface area (Å²) in [5.74, 6) is 1.03. The van der Waals surface area contributed by atoms with Gasteiger partial charge in [0.05, 0.1) is 12.6 Å². The zero-order chi connectivity index (χ0) is 16.8. The predicted octanol–water partition coefficient (Wildman–Crippen LogP) is 3.99. The Morgan fingerprint density at radius 1 is 1.32 bits per heavy atom. The maximum atomic E-state index is 9.75. The fourth-order valence-corrected chi connectivity index (χ4v) is 5.00. The molecule has 1 aromatic heterocycles. The van der Waals surface area contributed by atoms with Crippen LogP contribution in [-0.2, 0) is 5.41 Å². The van der Waals surface area contributed by atoms with Crippen LogP contribution in [0.1, 0.15) is 56.7 Å². The molecule has 2 heterocycles. The molecule has 0 radical (unpaired) electrons. The molecule has 2 aliphatic rings. The Hall–Kier alpha value is -0.340. The third-order valence-corrected chi connectivity index (χ3v) is 6.60. The van der Waals surface area contributed by atoms with Gasteiger partial charge in [0, 0.05) is 29.9 Å². The van der Waals surface area contributed by atoms with Crippen molar-refractivity contribution in [1.29, 1.82) is 0 Å². The number of hydrogen-bond acceptors (Lipinski definition) is 3. The van der Waals surface area contributed by atoms with Gasteiger partial charge in [-0.3, -0.25) is 4.99 Å². The van der Waals surface area contributed by atoms with E-state index in [1.807, 2.05) is 11.3 Å². The van der Waals surface area contributed by atoms with Gasteiger partial charge in [0.1, 0.15) is 0 Å².